The van der Waals surface area contributed by atoms with Crippen LogP contribution in [0.5, 0.6) is 0 Å². The number of anilines is 1. The van der Waals surface area contributed by atoms with Crippen molar-refractivity contribution < 1.29 is 4.79 Å². The van der Waals surface area contributed by atoms with Crippen LogP contribution in [0.25, 0.3) is 11.0 Å². The molecule has 0 fully saturated rings. The van der Waals surface area contributed by atoms with Crippen LogP contribution in [-0.2, 0) is 11.3 Å². The fourth-order valence-electron chi connectivity index (χ4n) is 2.33. The summed E-state index contributed by atoms with van der Waals surface area (Å²) >= 11 is 7.28. The van der Waals surface area contributed by atoms with Crippen LogP contribution in [0.4, 0.5) is 5.69 Å². The molecule has 1 N–H and O–H groups in total. The Hall–Kier alpha value is -1.98. The van der Waals surface area contributed by atoms with Gasteiger partial charge in [-0.25, -0.2) is 4.98 Å². The Labute approximate surface area is 143 Å². The average Bonchev–Trinajstić information content (AvgIpc) is 2.92. The lowest BCUT2D eigenvalue weighted by Crippen LogP contribution is -2.14. The van der Waals surface area contributed by atoms with E-state index in [0.29, 0.717) is 10.8 Å². The molecule has 0 aliphatic heterocycles. The molecule has 1 aromatic heterocycles. The lowest BCUT2D eigenvalue weighted by Gasteiger charge is -2.07. The number of carbonyl (C=O) groups is 1. The highest BCUT2D eigenvalue weighted by atomic mass is 35.5. The zero-order chi connectivity index (χ0) is 16.2. The summed E-state index contributed by atoms with van der Waals surface area (Å²) in [5.41, 5.74) is 2.79. The number of aromatic nitrogens is 2. The van der Waals surface area contributed by atoms with Crippen molar-refractivity contribution in [2.45, 2.75) is 18.6 Å². The molecule has 0 atom stereocenters. The molecule has 6 heteroatoms. The number of benzene rings is 2. The van der Waals surface area contributed by atoms with Crippen LogP contribution in [-0.4, -0.2) is 21.2 Å². The molecule has 3 aromatic rings. The fraction of sp³-hybridized carbons (Fsp3) is 0.176. The topological polar surface area (TPSA) is 46.9 Å². The molecule has 3 rings (SSSR count). The number of aryl methyl sites for hydroxylation is 1. The molecular weight excluding hydrogens is 330 g/mol. The molecule has 0 spiro atoms. The smallest absolute Gasteiger partial charge is 0.234 e. The minimum atomic E-state index is -0.0629. The number of amides is 1. The zero-order valence-corrected chi connectivity index (χ0v) is 14.2. The lowest BCUT2D eigenvalue weighted by molar-refractivity contribution is -0.113. The van der Waals surface area contributed by atoms with Gasteiger partial charge in [0.25, 0.3) is 0 Å². The van der Waals surface area contributed by atoms with Gasteiger partial charge in [0.15, 0.2) is 5.16 Å². The predicted molar refractivity (Wildman–Crippen MR) is 96.2 cm³/mol. The number of imidazole rings is 1. The first-order valence-corrected chi connectivity index (χ1v) is 8.67. The van der Waals surface area contributed by atoms with Gasteiger partial charge in [-0.3, -0.25) is 4.79 Å². The van der Waals surface area contributed by atoms with Crippen molar-refractivity contribution >= 4 is 46.0 Å². The maximum Gasteiger partial charge on any atom is 0.234 e. The number of fused-ring (bicyclic) bond motifs is 1. The maximum absolute atomic E-state index is 12.1. The summed E-state index contributed by atoms with van der Waals surface area (Å²) in [7, 11) is 0. The third-order valence-corrected chi connectivity index (χ3v) is 4.62. The van der Waals surface area contributed by atoms with E-state index < -0.39 is 0 Å². The van der Waals surface area contributed by atoms with Gasteiger partial charge in [0.05, 0.1) is 16.8 Å². The van der Waals surface area contributed by atoms with Gasteiger partial charge in [-0.1, -0.05) is 35.5 Å². The van der Waals surface area contributed by atoms with Gasteiger partial charge < -0.3 is 9.88 Å². The number of rotatable bonds is 5. The summed E-state index contributed by atoms with van der Waals surface area (Å²) in [6.45, 7) is 2.90. The van der Waals surface area contributed by atoms with E-state index in [0.717, 1.165) is 28.4 Å². The molecule has 23 heavy (non-hydrogen) atoms. The second-order valence-electron chi connectivity index (χ2n) is 4.97. The van der Waals surface area contributed by atoms with Crippen molar-refractivity contribution in [1.82, 2.24) is 9.55 Å². The van der Waals surface area contributed by atoms with Crippen molar-refractivity contribution in [2.75, 3.05) is 11.1 Å². The molecule has 1 amide bonds. The molecule has 0 aliphatic rings. The Morgan fingerprint density at radius 2 is 1.96 bits per heavy atom. The first kappa shape index (κ1) is 15.9. The van der Waals surface area contributed by atoms with E-state index in [2.05, 4.69) is 21.8 Å². The molecular formula is C17H16ClN3OS. The maximum atomic E-state index is 12.1. The van der Waals surface area contributed by atoms with Crippen LogP contribution in [0, 0.1) is 0 Å². The average molecular weight is 346 g/mol. The monoisotopic (exact) mass is 345 g/mol. The third-order valence-electron chi connectivity index (χ3n) is 3.40. The first-order valence-electron chi connectivity index (χ1n) is 7.31. The second-order valence-corrected chi connectivity index (χ2v) is 6.35. The van der Waals surface area contributed by atoms with E-state index in [4.69, 9.17) is 11.6 Å². The predicted octanol–water partition coefficient (Wildman–Crippen LogP) is 4.44. The summed E-state index contributed by atoms with van der Waals surface area (Å²) in [4.78, 5) is 16.7. The Bertz CT molecular complexity index is 829. The van der Waals surface area contributed by atoms with Crippen LogP contribution >= 0.6 is 23.4 Å². The molecule has 118 valence electrons. The van der Waals surface area contributed by atoms with Crippen LogP contribution in [0.15, 0.2) is 53.7 Å². The summed E-state index contributed by atoms with van der Waals surface area (Å²) in [6.07, 6.45) is 0. The van der Waals surface area contributed by atoms with E-state index in [1.807, 2.05) is 24.3 Å². The van der Waals surface area contributed by atoms with Crippen LogP contribution in [0.1, 0.15) is 6.92 Å². The second kappa shape index (κ2) is 7.06. The number of hydrogen-bond acceptors (Lipinski definition) is 3. The molecule has 2 aromatic carbocycles. The fourth-order valence-corrected chi connectivity index (χ4v) is 3.33. The van der Waals surface area contributed by atoms with Gasteiger partial charge in [-0.15, -0.1) is 0 Å². The van der Waals surface area contributed by atoms with Crippen molar-refractivity contribution in [3.8, 4) is 0 Å². The Morgan fingerprint density at radius 1 is 1.22 bits per heavy atom. The molecule has 1 heterocycles. The number of carbonyl (C=O) groups excluding carboxylic acids is 1. The zero-order valence-electron chi connectivity index (χ0n) is 12.6. The van der Waals surface area contributed by atoms with Crippen molar-refractivity contribution in [1.29, 1.82) is 0 Å². The summed E-state index contributed by atoms with van der Waals surface area (Å²) in [5.74, 6) is 0.249. The van der Waals surface area contributed by atoms with Crippen LogP contribution < -0.4 is 5.32 Å². The number of thioether (sulfide) groups is 1. The van der Waals surface area contributed by atoms with E-state index >= 15 is 0 Å². The molecule has 0 saturated heterocycles. The van der Waals surface area contributed by atoms with Gasteiger partial charge >= 0.3 is 0 Å². The normalized spacial score (nSPS) is 10.9. The van der Waals surface area contributed by atoms with Crippen molar-refractivity contribution in [3.63, 3.8) is 0 Å². The number of nitrogens with one attached hydrogen (secondary N) is 1. The van der Waals surface area contributed by atoms with Crippen molar-refractivity contribution in [3.05, 3.63) is 53.6 Å². The Balaban J connectivity index is 1.68. The molecule has 0 saturated carbocycles. The van der Waals surface area contributed by atoms with E-state index in [1.165, 1.54) is 11.8 Å². The van der Waals surface area contributed by atoms with Gasteiger partial charge in [0.2, 0.25) is 5.91 Å². The summed E-state index contributed by atoms with van der Waals surface area (Å²) < 4.78 is 2.12. The summed E-state index contributed by atoms with van der Waals surface area (Å²) in [5, 5.41) is 4.36. The molecule has 0 radical (unpaired) electrons. The number of hydrogen-bond donors (Lipinski definition) is 1. The highest BCUT2D eigenvalue weighted by Crippen LogP contribution is 2.24. The third kappa shape index (κ3) is 3.68. The minimum Gasteiger partial charge on any atom is -0.325 e. The first-order chi connectivity index (χ1) is 11.2. The number of para-hydroxylation sites is 2. The van der Waals surface area contributed by atoms with Crippen molar-refractivity contribution in [2.24, 2.45) is 0 Å². The van der Waals surface area contributed by atoms with Gasteiger partial charge in [-0.2, -0.15) is 0 Å². The minimum absolute atomic E-state index is 0.0629. The standard InChI is InChI=1S/C17H16ClN3OS/c1-2-21-15-6-4-3-5-14(15)20-17(21)23-11-16(22)19-13-9-7-12(18)8-10-13/h3-10H,2,11H2,1H3,(H,19,22). The molecule has 0 aliphatic carbocycles. The Kier molecular flexibility index (Phi) is 4.88. The van der Waals surface area contributed by atoms with Crippen LogP contribution in [0.3, 0.4) is 0 Å². The highest BCUT2D eigenvalue weighted by Gasteiger charge is 2.11. The largest absolute Gasteiger partial charge is 0.325 e. The molecule has 4 nitrogen and oxygen atoms in total. The number of nitrogens with zero attached hydrogens (tertiary/aromatic N) is 2. The Morgan fingerprint density at radius 3 is 2.70 bits per heavy atom. The highest BCUT2D eigenvalue weighted by molar-refractivity contribution is 7.99. The van der Waals surface area contributed by atoms with E-state index in [1.54, 1.807) is 24.3 Å². The number of halogens is 1. The van der Waals surface area contributed by atoms with Gasteiger partial charge in [0.1, 0.15) is 0 Å². The molecule has 0 unspecified atom stereocenters. The van der Waals surface area contributed by atoms with E-state index in [-0.39, 0.29) is 5.91 Å². The lowest BCUT2D eigenvalue weighted by atomic mass is 10.3. The molecule has 0 bridgehead atoms. The van der Waals surface area contributed by atoms with Gasteiger partial charge in [0, 0.05) is 17.3 Å². The SMILES string of the molecule is CCn1c(SCC(=O)Nc2ccc(Cl)cc2)nc2ccccc21. The summed E-state index contributed by atoms with van der Waals surface area (Å²) in [6, 6.07) is 15.1. The van der Waals surface area contributed by atoms with Gasteiger partial charge in [-0.05, 0) is 43.3 Å². The van der Waals surface area contributed by atoms with Crippen LogP contribution in [0.2, 0.25) is 5.02 Å². The quantitative estimate of drug-likeness (QED) is 0.695. The van der Waals surface area contributed by atoms with E-state index in [9.17, 15) is 4.79 Å².